The molecule has 0 spiro atoms. The van der Waals surface area contributed by atoms with Crippen molar-refractivity contribution in [2.45, 2.75) is 39.2 Å². The van der Waals surface area contributed by atoms with Gasteiger partial charge in [0.2, 0.25) is 5.89 Å². The molecule has 0 aliphatic rings. The first-order chi connectivity index (χ1) is 10.0. The number of ether oxygens (including phenoxy) is 1. The van der Waals surface area contributed by atoms with Crippen molar-refractivity contribution in [3.8, 4) is 0 Å². The van der Waals surface area contributed by atoms with Crippen molar-refractivity contribution in [3.05, 3.63) is 47.1 Å². The minimum atomic E-state index is -0.721. The number of nitrogens with zero attached hydrogens (tertiary/aromatic N) is 2. The first kappa shape index (κ1) is 15.7. The minimum absolute atomic E-state index is 0.375. The van der Waals surface area contributed by atoms with Gasteiger partial charge in [0.25, 0.3) is 0 Å². The molecule has 0 saturated carbocycles. The summed E-state index contributed by atoms with van der Waals surface area (Å²) < 4.78 is 10.6. The monoisotopic (exact) mass is 289 g/mol. The van der Waals surface area contributed by atoms with Gasteiger partial charge in [-0.15, -0.1) is 0 Å². The normalized spacial score (nSPS) is 14.1. The Bertz CT molecular complexity index is 561. The Morgan fingerprint density at radius 2 is 1.95 bits per heavy atom. The summed E-state index contributed by atoms with van der Waals surface area (Å²) in [4.78, 5) is 4.38. The van der Waals surface area contributed by atoms with Crippen molar-refractivity contribution in [2.24, 2.45) is 5.73 Å². The van der Waals surface area contributed by atoms with Crippen molar-refractivity contribution >= 4 is 0 Å². The molecule has 114 valence electrons. The molecule has 2 aromatic rings. The van der Waals surface area contributed by atoms with Crippen LogP contribution in [0.1, 0.15) is 36.7 Å². The van der Waals surface area contributed by atoms with Crippen molar-refractivity contribution in [2.75, 3.05) is 13.2 Å². The molecule has 2 rings (SSSR count). The van der Waals surface area contributed by atoms with Crippen LogP contribution >= 0.6 is 0 Å². The molecule has 1 heterocycles. The first-order valence-corrected chi connectivity index (χ1v) is 7.26. The lowest BCUT2D eigenvalue weighted by atomic mass is 10.1. The largest absolute Gasteiger partial charge is 0.379 e. The summed E-state index contributed by atoms with van der Waals surface area (Å²) in [5.74, 6) is 1.11. The van der Waals surface area contributed by atoms with Crippen molar-refractivity contribution in [1.82, 2.24) is 10.1 Å². The van der Waals surface area contributed by atoms with E-state index in [0.29, 0.717) is 31.3 Å². The van der Waals surface area contributed by atoms with Gasteiger partial charge >= 0.3 is 0 Å². The van der Waals surface area contributed by atoms with Crippen LogP contribution in [0.3, 0.4) is 0 Å². The molecule has 5 heteroatoms. The van der Waals surface area contributed by atoms with Crippen LogP contribution < -0.4 is 5.73 Å². The van der Waals surface area contributed by atoms with E-state index in [1.165, 1.54) is 11.1 Å². The molecule has 0 amide bonds. The molecular weight excluding hydrogens is 266 g/mol. The molecule has 0 aliphatic carbocycles. The fraction of sp³-hybridized carbons (Fsp3) is 0.500. The van der Waals surface area contributed by atoms with Gasteiger partial charge in [-0.3, -0.25) is 0 Å². The van der Waals surface area contributed by atoms with Crippen molar-refractivity contribution in [1.29, 1.82) is 0 Å². The number of rotatable bonds is 7. The molecule has 1 unspecified atom stereocenters. The third-order valence-electron chi connectivity index (χ3n) is 3.33. The number of aryl methyl sites for hydroxylation is 3. The zero-order chi connectivity index (χ0) is 15.3. The van der Waals surface area contributed by atoms with Gasteiger partial charge in [0.1, 0.15) is 5.54 Å². The molecule has 1 atom stereocenters. The van der Waals surface area contributed by atoms with E-state index in [-0.39, 0.29) is 0 Å². The Kier molecular flexibility index (Phi) is 5.09. The van der Waals surface area contributed by atoms with Crippen LogP contribution in [0.15, 0.2) is 28.8 Å². The van der Waals surface area contributed by atoms with E-state index in [4.69, 9.17) is 15.0 Å². The molecule has 21 heavy (non-hydrogen) atoms. The Hall–Kier alpha value is -1.72. The van der Waals surface area contributed by atoms with Crippen LogP contribution in [-0.4, -0.2) is 23.4 Å². The Balaban J connectivity index is 1.95. The second-order valence-electron chi connectivity index (χ2n) is 5.55. The fourth-order valence-corrected chi connectivity index (χ4v) is 1.97. The molecule has 1 aromatic carbocycles. The van der Waals surface area contributed by atoms with Crippen LogP contribution in [0.2, 0.25) is 0 Å². The Morgan fingerprint density at radius 3 is 2.62 bits per heavy atom. The van der Waals surface area contributed by atoms with Crippen LogP contribution in [-0.2, 0) is 23.1 Å². The Morgan fingerprint density at radius 1 is 1.24 bits per heavy atom. The van der Waals surface area contributed by atoms with Crippen LogP contribution in [0.5, 0.6) is 0 Å². The van der Waals surface area contributed by atoms with E-state index in [9.17, 15) is 0 Å². The maximum atomic E-state index is 6.15. The van der Waals surface area contributed by atoms with Gasteiger partial charge in [0.05, 0.1) is 6.61 Å². The van der Waals surface area contributed by atoms with Crippen LogP contribution in [0, 0.1) is 6.92 Å². The zero-order valence-corrected chi connectivity index (χ0v) is 12.9. The van der Waals surface area contributed by atoms with E-state index < -0.39 is 5.54 Å². The second kappa shape index (κ2) is 6.83. The third-order valence-corrected chi connectivity index (χ3v) is 3.33. The number of nitrogens with two attached hydrogens (primary N) is 1. The predicted molar refractivity (Wildman–Crippen MR) is 80.9 cm³/mol. The molecule has 0 bridgehead atoms. The van der Waals surface area contributed by atoms with E-state index in [1.807, 2.05) is 13.8 Å². The summed E-state index contributed by atoms with van der Waals surface area (Å²) in [5, 5.41) is 3.98. The minimum Gasteiger partial charge on any atom is -0.379 e. The molecular formula is C16H23N3O2. The van der Waals surface area contributed by atoms with Crippen LogP contribution in [0.25, 0.3) is 0 Å². The van der Waals surface area contributed by atoms with E-state index in [1.54, 1.807) is 0 Å². The highest BCUT2D eigenvalue weighted by Crippen LogP contribution is 2.16. The molecule has 0 saturated heterocycles. The summed E-state index contributed by atoms with van der Waals surface area (Å²) in [6.07, 6.45) is 1.58. The van der Waals surface area contributed by atoms with Crippen molar-refractivity contribution < 1.29 is 9.26 Å². The first-order valence-electron chi connectivity index (χ1n) is 7.26. The average Bonchev–Trinajstić information content (AvgIpc) is 2.94. The molecule has 0 aliphatic heterocycles. The highest BCUT2D eigenvalue weighted by molar-refractivity contribution is 5.21. The Labute approximate surface area is 125 Å². The van der Waals surface area contributed by atoms with E-state index >= 15 is 0 Å². The second-order valence-corrected chi connectivity index (χ2v) is 5.55. The highest BCUT2D eigenvalue weighted by Gasteiger charge is 2.27. The predicted octanol–water partition coefficient (Wildman–Crippen LogP) is 2.37. The number of benzene rings is 1. The van der Waals surface area contributed by atoms with E-state index in [0.717, 1.165) is 6.42 Å². The van der Waals surface area contributed by atoms with Crippen molar-refractivity contribution in [3.63, 3.8) is 0 Å². The average molecular weight is 289 g/mol. The van der Waals surface area contributed by atoms with Gasteiger partial charge in [-0.25, -0.2) is 0 Å². The summed E-state index contributed by atoms with van der Waals surface area (Å²) in [6.45, 7) is 6.84. The molecule has 5 nitrogen and oxygen atoms in total. The van der Waals surface area contributed by atoms with Gasteiger partial charge in [-0.1, -0.05) is 35.0 Å². The smallest absolute Gasteiger partial charge is 0.227 e. The third kappa shape index (κ3) is 4.37. The summed E-state index contributed by atoms with van der Waals surface area (Å²) in [7, 11) is 0. The lowest BCUT2D eigenvalue weighted by Crippen LogP contribution is -2.39. The number of aromatic nitrogens is 2. The lowest BCUT2D eigenvalue weighted by Gasteiger charge is -2.19. The van der Waals surface area contributed by atoms with Gasteiger partial charge < -0.3 is 15.0 Å². The summed E-state index contributed by atoms with van der Waals surface area (Å²) in [6, 6.07) is 8.45. The lowest BCUT2D eigenvalue weighted by molar-refractivity contribution is 0.0962. The number of hydrogen-bond donors (Lipinski definition) is 1. The topological polar surface area (TPSA) is 74.2 Å². The van der Waals surface area contributed by atoms with Gasteiger partial charge in [-0.2, -0.15) is 4.98 Å². The summed E-state index contributed by atoms with van der Waals surface area (Å²) >= 11 is 0. The molecule has 0 fully saturated rings. The fourth-order valence-electron chi connectivity index (χ4n) is 1.97. The summed E-state index contributed by atoms with van der Waals surface area (Å²) in [5.41, 5.74) is 7.94. The van der Waals surface area contributed by atoms with Gasteiger partial charge in [0, 0.05) is 13.0 Å². The quantitative estimate of drug-likeness (QED) is 0.847. The maximum absolute atomic E-state index is 6.15. The van der Waals surface area contributed by atoms with Gasteiger partial charge in [-0.05, 0) is 32.8 Å². The SMILES string of the molecule is CCOCC(C)(N)c1noc(CCc2ccc(C)cc2)n1. The number of hydrogen-bond acceptors (Lipinski definition) is 5. The van der Waals surface area contributed by atoms with E-state index in [2.05, 4.69) is 41.3 Å². The van der Waals surface area contributed by atoms with Gasteiger partial charge in [0.15, 0.2) is 5.82 Å². The standard InChI is InChI=1S/C16H23N3O2/c1-4-20-11-16(3,17)15-18-14(21-19-15)10-9-13-7-5-12(2)6-8-13/h5-8H,4,9-11,17H2,1-3H3. The molecule has 0 radical (unpaired) electrons. The molecule has 2 N–H and O–H groups in total. The zero-order valence-electron chi connectivity index (χ0n) is 12.9. The van der Waals surface area contributed by atoms with Crippen LogP contribution in [0.4, 0.5) is 0 Å². The molecule has 1 aromatic heterocycles. The maximum Gasteiger partial charge on any atom is 0.227 e. The highest BCUT2D eigenvalue weighted by atomic mass is 16.5.